The third-order valence-electron chi connectivity index (χ3n) is 4.35. The summed E-state index contributed by atoms with van der Waals surface area (Å²) in [6.45, 7) is 3.75. The summed E-state index contributed by atoms with van der Waals surface area (Å²) in [7, 11) is 0. The van der Waals surface area contributed by atoms with Crippen LogP contribution in [-0.2, 0) is 16.9 Å². The molecule has 0 fully saturated rings. The Balaban J connectivity index is 2.00. The van der Waals surface area contributed by atoms with Gasteiger partial charge in [0.25, 0.3) is 0 Å². The molecule has 2 heterocycles. The van der Waals surface area contributed by atoms with Crippen LogP contribution in [-0.4, -0.2) is 12.4 Å². The van der Waals surface area contributed by atoms with Crippen LogP contribution in [0.5, 0.6) is 5.75 Å². The van der Waals surface area contributed by atoms with Crippen LogP contribution in [0.15, 0.2) is 24.3 Å². The number of aldehydes is 1. The number of cyclic esters (lactones) is 1. The first-order valence-electron chi connectivity index (χ1n) is 7.49. The molecule has 122 valence electrons. The highest BCUT2D eigenvalue weighted by atomic mass is 19.1. The van der Waals surface area contributed by atoms with Crippen LogP contribution in [0.3, 0.4) is 0 Å². The maximum atomic E-state index is 14.2. The molecule has 0 radical (unpaired) electrons. The molecule has 2 aromatic carbocycles. The highest BCUT2D eigenvalue weighted by Gasteiger charge is 2.38. The molecule has 0 spiro atoms. The van der Waals surface area contributed by atoms with Crippen molar-refractivity contribution in [3.8, 4) is 16.9 Å². The molecular formula is C18H14FNO4. The second kappa shape index (κ2) is 4.80. The molecule has 0 bridgehead atoms. The molecule has 24 heavy (non-hydrogen) atoms. The van der Waals surface area contributed by atoms with E-state index < -0.39 is 17.5 Å². The zero-order valence-electron chi connectivity index (χ0n) is 13.1. The first-order chi connectivity index (χ1) is 11.4. The van der Waals surface area contributed by atoms with Crippen molar-refractivity contribution in [2.75, 3.05) is 5.32 Å². The number of halogens is 1. The molecule has 0 unspecified atom stereocenters. The standard InChI is InChI=1S/C18H14FNO4/c1-18(2)15-12-8-23-16-11(5-9(7-21)6-13(16)19)10(12)3-4-14(15)20-17(22)24-18/h3-7H,8H2,1-2H3,(H,20,22). The van der Waals surface area contributed by atoms with Crippen LogP contribution in [0, 0.1) is 5.82 Å². The molecule has 0 saturated heterocycles. The molecule has 6 heteroatoms. The molecule has 1 amide bonds. The third-order valence-corrected chi connectivity index (χ3v) is 4.35. The highest BCUT2D eigenvalue weighted by molar-refractivity contribution is 5.92. The van der Waals surface area contributed by atoms with E-state index in [1.165, 1.54) is 0 Å². The van der Waals surface area contributed by atoms with Gasteiger partial charge >= 0.3 is 6.09 Å². The van der Waals surface area contributed by atoms with Gasteiger partial charge < -0.3 is 9.47 Å². The molecule has 2 aromatic rings. The van der Waals surface area contributed by atoms with Gasteiger partial charge in [-0.1, -0.05) is 6.07 Å². The number of anilines is 1. The lowest BCUT2D eigenvalue weighted by Gasteiger charge is -2.36. The van der Waals surface area contributed by atoms with Gasteiger partial charge in [-0.15, -0.1) is 0 Å². The van der Waals surface area contributed by atoms with E-state index in [4.69, 9.17) is 9.47 Å². The molecular weight excluding hydrogens is 313 g/mol. The van der Waals surface area contributed by atoms with E-state index in [1.807, 2.05) is 0 Å². The van der Waals surface area contributed by atoms with Gasteiger partial charge in [-0.3, -0.25) is 10.1 Å². The first-order valence-corrected chi connectivity index (χ1v) is 7.49. The summed E-state index contributed by atoms with van der Waals surface area (Å²) in [4.78, 5) is 22.7. The summed E-state index contributed by atoms with van der Waals surface area (Å²) in [6, 6.07) is 6.32. The predicted octanol–water partition coefficient (Wildman–Crippen LogP) is 3.99. The van der Waals surface area contributed by atoms with Crippen molar-refractivity contribution in [3.63, 3.8) is 0 Å². The minimum absolute atomic E-state index is 0.131. The van der Waals surface area contributed by atoms with Crippen LogP contribution in [0.2, 0.25) is 0 Å². The summed E-state index contributed by atoms with van der Waals surface area (Å²) >= 11 is 0. The molecule has 0 aromatic heterocycles. The second-order valence-corrected chi connectivity index (χ2v) is 6.33. The minimum Gasteiger partial charge on any atom is -0.485 e. The zero-order chi connectivity index (χ0) is 17.1. The maximum Gasteiger partial charge on any atom is 0.412 e. The lowest BCUT2D eigenvalue weighted by atomic mass is 9.84. The fourth-order valence-corrected chi connectivity index (χ4v) is 3.43. The van der Waals surface area contributed by atoms with E-state index in [-0.39, 0.29) is 17.9 Å². The molecule has 2 aliphatic rings. The number of carbonyl (C=O) groups is 2. The smallest absolute Gasteiger partial charge is 0.412 e. The van der Waals surface area contributed by atoms with Gasteiger partial charge in [-0.2, -0.15) is 0 Å². The molecule has 4 rings (SSSR count). The van der Waals surface area contributed by atoms with Gasteiger partial charge in [0.05, 0.1) is 5.69 Å². The Hall–Kier alpha value is -2.89. The Morgan fingerprint density at radius 3 is 2.79 bits per heavy atom. The fraction of sp³-hybridized carbons (Fsp3) is 0.222. The molecule has 5 nitrogen and oxygen atoms in total. The quantitative estimate of drug-likeness (QED) is 0.804. The predicted molar refractivity (Wildman–Crippen MR) is 84.7 cm³/mol. The Morgan fingerprint density at radius 2 is 2.04 bits per heavy atom. The Labute approximate surface area is 137 Å². The van der Waals surface area contributed by atoms with Gasteiger partial charge in [0.2, 0.25) is 0 Å². The van der Waals surface area contributed by atoms with Gasteiger partial charge in [0.1, 0.15) is 18.5 Å². The van der Waals surface area contributed by atoms with Gasteiger partial charge in [0.15, 0.2) is 11.6 Å². The largest absolute Gasteiger partial charge is 0.485 e. The Morgan fingerprint density at radius 1 is 1.25 bits per heavy atom. The molecule has 0 atom stereocenters. The minimum atomic E-state index is -0.843. The summed E-state index contributed by atoms with van der Waals surface area (Å²) in [5.74, 6) is -0.437. The number of rotatable bonds is 1. The number of fused-ring (bicyclic) bond motifs is 5. The van der Waals surface area contributed by atoms with E-state index in [9.17, 15) is 14.0 Å². The number of amides is 1. The normalized spacial score (nSPS) is 16.7. The average Bonchev–Trinajstić information content (AvgIpc) is 2.52. The summed E-state index contributed by atoms with van der Waals surface area (Å²) < 4.78 is 25.2. The van der Waals surface area contributed by atoms with Crippen molar-refractivity contribution in [2.45, 2.75) is 26.1 Å². The van der Waals surface area contributed by atoms with Crippen LogP contribution in [0.1, 0.15) is 35.3 Å². The lowest BCUT2D eigenvalue weighted by molar-refractivity contribution is 0.0405. The Bertz CT molecular complexity index is 904. The molecule has 0 aliphatic carbocycles. The number of nitrogens with one attached hydrogen (secondary N) is 1. The summed E-state index contributed by atoms with van der Waals surface area (Å²) in [6.07, 6.45) is 0.0856. The monoisotopic (exact) mass is 327 g/mol. The van der Waals surface area contributed by atoms with Gasteiger partial charge in [0, 0.05) is 22.3 Å². The molecule has 1 N–H and O–H groups in total. The van der Waals surface area contributed by atoms with E-state index in [1.54, 1.807) is 32.0 Å². The number of carbonyl (C=O) groups excluding carboxylic acids is 2. The first kappa shape index (κ1) is 14.7. The number of benzene rings is 2. The second-order valence-electron chi connectivity index (χ2n) is 6.33. The van der Waals surface area contributed by atoms with Crippen LogP contribution < -0.4 is 10.1 Å². The number of ether oxygens (including phenoxy) is 2. The van der Waals surface area contributed by atoms with Gasteiger partial charge in [-0.25, -0.2) is 9.18 Å². The topological polar surface area (TPSA) is 64.6 Å². The van der Waals surface area contributed by atoms with Crippen molar-refractivity contribution < 1.29 is 23.5 Å². The van der Waals surface area contributed by atoms with Crippen LogP contribution >= 0.6 is 0 Å². The Kier molecular flexibility index (Phi) is 2.94. The van der Waals surface area contributed by atoms with Crippen molar-refractivity contribution >= 4 is 18.1 Å². The lowest BCUT2D eigenvalue weighted by Crippen LogP contribution is -2.36. The van der Waals surface area contributed by atoms with E-state index in [0.29, 0.717) is 17.5 Å². The fourth-order valence-electron chi connectivity index (χ4n) is 3.43. The summed E-state index contributed by atoms with van der Waals surface area (Å²) in [5, 5.41) is 2.68. The van der Waals surface area contributed by atoms with Gasteiger partial charge in [-0.05, 0) is 37.6 Å². The number of hydrogen-bond donors (Lipinski definition) is 1. The van der Waals surface area contributed by atoms with E-state index in [2.05, 4.69) is 5.32 Å². The summed E-state index contributed by atoms with van der Waals surface area (Å²) in [5.41, 5.74) is 2.94. The number of hydrogen-bond acceptors (Lipinski definition) is 4. The molecule has 2 aliphatic heterocycles. The van der Waals surface area contributed by atoms with E-state index >= 15 is 0 Å². The van der Waals surface area contributed by atoms with Crippen molar-refractivity contribution in [2.24, 2.45) is 0 Å². The van der Waals surface area contributed by atoms with Crippen LogP contribution in [0.25, 0.3) is 11.1 Å². The highest BCUT2D eigenvalue weighted by Crippen LogP contribution is 2.47. The SMILES string of the molecule is CC1(C)OC(=O)Nc2ccc3c(c21)COc1c(F)cc(C=O)cc1-3. The van der Waals surface area contributed by atoms with E-state index in [0.717, 1.165) is 22.8 Å². The molecule has 0 saturated carbocycles. The zero-order valence-corrected chi connectivity index (χ0v) is 13.1. The van der Waals surface area contributed by atoms with Crippen molar-refractivity contribution in [1.29, 1.82) is 0 Å². The third kappa shape index (κ3) is 1.99. The van der Waals surface area contributed by atoms with Crippen LogP contribution in [0.4, 0.5) is 14.9 Å². The average molecular weight is 327 g/mol. The van der Waals surface area contributed by atoms with Crippen molar-refractivity contribution in [1.82, 2.24) is 0 Å². The maximum absolute atomic E-state index is 14.2. The van der Waals surface area contributed by atoms with Crippen molar-refractivity contribution in [3.05, 3.63) is 46.8 Å².